The minimum absolute atomic E-state index is 0.00920. The fraction of sp³-hybridized carbons (Fsp3) is 0.500. The van der Waals surface area contributed by atoms with Crippen LogP contribution in [0.3, 0.4) is 0 Å². The average molecular weight is 366 g/mol. The van der Waals surface area contributed by atoms with Crippen LogP contribution in [0.4, 0.5) is 0 Å². The second kappa shape index (κ2) is 6.44. The van der Waals surface area contributed by atoms with E-state index in [4.69, 9.17) is 4.84 Å². The lowest BCUT2D eigenvalue weighted by Gasteiger charge is -2.44. The number of benzene rings is 2. The Labute approximate surface area is 162 Å². The molecule has 3 nitrogen and oxygen atoms in total. The Balaban J connectivity index is 1.67. The molecule has 2 aromatic carbocycles. The number of rotatable bonds is 3. The normalized spacial score (nSPS) is 33.4. The van der Waals surface area contributed by atoms with Crippen molar-refractivity contribution in [1.82, 2.24) is 5.06 Å². The molecule has 1 aliphatic carbocycles. The van der Waals surface area contributed by atoms with Crippen LogP contribution in [0.25, 0.3) is 0 Å². The van der Waals surface area contributed by atoms with E-state index in [2.05, 4.69) is 74.4 Å². The van der Waals surface area contributed by atoms with Gasteiger partial charge in [0.2, 0.25) is 0 Å². The Morgan fingerprint density at radius 3 is 1.96 bits per heavy atom. The molecule has 4 atom stereocenters. The van der Waals surface area contributed by atoms with Crippen molar-refractivity contribution in [3.8, 4) is 0 Å². The van der Waals surface area contributed by atoms with Crippen molar-refractivity contribution in [2.24, 2.45) is 11.3 Å². The maximum absolute atomic E-state index is 11.4. The van der Waals surface area contributed by atoms with E-state index < -0.39 is 11.3 Å². The SMILES string of the molecule is CC(C)(C)[C@@H]1CC[C@@]2(ON2C(c2ccccc2)c2ccccc2)[C@](C)(O)C1. The summed E-state index contributed by atoms with van der Waals surface area (Å²) in [7, 11) is 0. The van der Waals surface area contributed by atoms with Crippen LogP contribution in [0.1, 0.15) is 64.1 Å². The molecule has 27 heavy (non-hydrogen) atoms. The minimum atomic E-state index is -0.870. The second-order valence-corrected chi connectivity index (χ2v) is 9.50. The molecule has 0 bridgehead atoms. The molecule has 1 unspecified atom stereocenters. The number of hydroxylamine groups is 2. The number of hydrogen-bond acceptors (Lipinski definition) is 3. The molecule has 2 fully saturated rings. The van der Waals surface area contributed by atoms with Crippen molar-refractivity contribution in [3.63, 3.8) is 0 Å². The highest BCUT2D eigenvalue weighted by molar-refractivity contribution is 5.33. The van der Waals surface area contributed by atoms with Crippen molar-refractivity contribution < 1.29 is 9.94 Å². The van der Waals surface area contributed by atoms with Gasteiger partial charge >= 0.3 is 0 Å². The van der Waals surface area contributed by atoms with E-state index in [1.165, 1.54) is 11.1 Å². The molecule has 0 aromatic heterocycles. The summed E-state index contributed by atoms with van der Waals surface area (Å²) >= 11 is 0. The van der Waals surface area contributed by atoms with Crippen LogP contribution < -0.4 is 0 Å². The molecule has 1 aliphatic heterocycles. The van der Waals surface area contributed by atoms with Gasteiger partial charge in [-0.05, 0) is 48.6 Å². The maximum Gasteiger partial charge on any atom is 0.194 e. The van der Waals surface area contributed by atoms with E-state index in [9.17, 15) is 5.11 Å². The predicted octanol–water partition coefficient (Wildman–Crippen LogP) is 5.32. The molecule has 0 amide bonds. The molecule has 3 heteroatoms. The van der Waals surface area contributed by atoms with Gasteiger partial charge in [0, 0.05) is 0 Å². The number of hydrogen-bond donors (Lipinski definition) is 1. The standard InChI is InChI=1S/C24H31NO2/c1-22(2,3)20-15-16-24(23(4,26)17-20)25(27-24)21(18-11-7-5-8-12-18)19-13-9-6-10-14-19/h5-14,20-21,26H,15-17H2,1-4H3/t20-,23-,24-,25?/m1/s1. The van der Waals surface area contributed by atoms with Crippen LogP contribution in [0.15, 0.2) is 60.7 Å². The third-order valence-corrected chi connectivity index (χ3v) is 6.58. The fourth-order valence-corrected chi connectivity index (χ4v) is 4.75. The van der Waals surface area contributed by atoms with Crippen LogP contribution in [-0.2, 0) is 4.84 Å². The van der Waals surface area contributed by atoms with Gasteiger partial charge < -0.3 is 5.11 Å². The van der Waals surface area contributed by atoms with Gasteiger partial charge in [0.1, 0.15) is 5.60 Å². The quantitative estimate of drug-likeness (QED) is 0.748. The summed E-state index contributed by atoms with van der Waals surface area (Å²) in [5, 5.41) is 13.5. The minimum Gasteiger partial charge on any atom is -0.386 e. The van der Waals surface area contributed by atoms with Gasteiger partial charge in [-0.25, -0.2) is 0 Å². The molecule has 1 saturated carbocycles. The Hall–Kier alpha value is -1.68. The van der Waals surface area contributed by atoms with Gasteiger partial charge in [-0.3, -0.25) is 4.84 Å². The van der Waals surface area contributed by atoms with Crippen LogP contribution in [0, 0.1) is 11.3 Å². The van der Waals surface area contributed by atoms with Gasteiger partial charge in [0.25, 0.3) is 0 Å². The number of aliphatic hydroxyl groups is 1. The summed E-state index contributed by atoms with van der Waals surface area (Å²) in [6.07, 6.45) is 2.70. The van der Waals surface area contributed by atoms with Crippen molar-refractivity contribution in [1.29, 1.82) is 0 Å². The highest BCUT2D eigenvalue weighted by Crippen LogP contribution is 2.60. The smallest absolute Gasteiger partial charge is 0.194 e. The molecule has 2 aromatic rings. The zero-order valence-electron chi connectivity index (χ0n) is 16.9. The highest BCUT2D eigenvalue weighted by Gasteiger charge is 2.70. The lowest BCUT2D eigenvalue weighted by molar-refractivity contribution is -0.0872. The molecule has 1 spiro atoms. The average Bonchev–Trinajstić information content (AvgIpc) is 3.34. The van der Waals surface area contributed by atoms with Crippen molar-refractivity contribution in [3.05, 3.63) is 71.8 Å². The van der Waals surface area contributed by atoms with E-state index in [0.29, 0.717) is 5.92 Å². The molecular formula is C24H31NO2. The van der Waals surface area contributed by atoms with Crippen molar-refractivity contribution in [2.75, 3.05) is 0 Å². The molecule has 1 heterocycles. The first-order chi connectivity index (χ1) is 12.7. The van der Waals surface area contributed by atoms with Gasteiger partial charge in [-0.2, -0.15) is 0 Å². The van der Waals surface area contributed by atoms with Crippen LogP contribution in [-0.4, -0.2) is 21.5 Å². The largest absolute Gasteiger partial charge is 0.386 e. The van der Waals surface area contributed by atoms with Gasteiger partial charge in [-0.1, -0.05) is 81.4 Å². The van der Waals surface area contributed by atoms with Crippen molar-refractivity contribution >= 4 is 0 Å². The zero-order chi connectivity index (χ0) is 19.3. The Bertz CT molecular complexity index is 742. The van der Waals surface area contributed by atoms with Crippen molar-refractivity contribution in [2.45, 2.75) is 64.3 Å². The van der Waals surface area contributed by atoms with Crippen LogP contribution in [0.2, 0.25) is 0 Å². The van der Waals surface area contributed by atoms with Gasteiger partial charge in [0.05, 0.1) is 6.04 Å². The second-order valence-electron chi connectivity index (χ2n) is 9.50. The Morgan fingerprint density at radius 2 is 1.52 bits per heavy atom. The molecule has 4 rings (SSSR count). The molecule has 1 saturated heterocycles. The Morgan fingerprint density at radius 1 is 1.00 bits per heavy atom. The first-order valence-electron chi connectivity index (χ1n) is 10.1. The third kappa shape index (κ3) is 3.22. The molecule has 1 N–H and O–H groups in total. The monoisotopic (exact) mass is 365 g/mol. The summed E-state index contributed by atoms with van der Waals surface area (Å²) < 4.78 is 0. The van der Waals surface area contributed by atoms with E-state index in [1.807, 2.05) is 19.1 Å². The van der Waals surface area contributed by atoms with Gasteiger partial charge in [-0.15, -0.1) is 5.06 Å². The van der Waals surface area contributed by atoms with E-state index in [0.717, 1.165) is 19.3 Å². The van der Waals surface area contributed by atoms with E-state index in [1.54, 1.807) is 0 Å². The molecule has 144 valence electrons. The fourth-order valence-electron chi connectivity index (χ4n) is 4.75. The summed E-state index contributed by atoms with van der Waals surface area (Å²) in [5.41, 5.74) is 1.11. The molecular weight excluding hydrogens is 334 g/mol. The zero-order valence-corrected chi connectivity index (χ0v) is 16.9. The molecule has 2 aliphatic rings. The predicted molar refractivity (Wildman–Crippen MR) is 108 cm³/mol. The summed E-state index contributed by atoms with van der Waals surface area (Å²) in [5.74, 6) is 0.496. The first kappa shape index (κ1) is 18.7. The lowest BCUT2D eigenvalue weighted by Crippen LogP contribution is -2.52. The summed E-state index contributed by atoms with van der Waals surface area (Å²) in [4.78, 5) is 6.28. The van der Waals surface area contributed by atoms with E-state index >= 15 is 0 Å². The number of nitrogens with zero attached hydrogens (tertiary/aromatic N) is 1. The lowest BCUT2D eigenvalue weighted by atomic mass is 9.65. The summed E-state index contributed by atoms with van der Waals surface area (Å²) in [6, 6.07) is 20.9. The Kier molecular flexibility index (Phi) is 4.45. The van der Waals surface area contributed by atoms with Gasteiger partial charge in [0.15, 0.2) is 5.72 Å². The van der Waals surface area contributed by atoms with Crippen LogP contribution >= 0.6 is 0 Å². The first-order valence-corrected chi connectivity index (χ1v) is 10.1. The maximum atomic E-state index is 11.4. The summed E-state index contributed by atoms with van der Waals surface area (Å²) in [6.45, 7) is 8.77. The topological polar surface area (TPSA) is 35.8 Å². The van der Waals surface area contributed by atoms with Crippen LogP contribution in [0.5, 0.6) is 0 Å². The highest BCUT2D eigenvalue weighted by atomic mass is 16.9. The third-order valence-electron chi connectivity index (χ3n) is 6.58. The van der Waals surface area contributed by atoms with E-state index in [-0.39, 0.29) is 11.5 Å². The molecule has 0 radical (unpaired) electrons.